The predicted octanol–water partition coefficient (Wildman–Crippen LogP) is 4.75. The molecule has 1 aliphatic heterocycles. The highest BCUT2D eigenvalue weighted by Gasteiger charge is 2.37. The molecule has 0 radical (unpaired) electrons. The van der Waals surface area contributed by atoms with Gasteiger partial charge >= 0.3 is 0 Å². The van der Waals surface area contributed by atoms with Gasteiger partial charge in [0.15, 0.2) is 0 Å². The van der Waals surface area contributed by atoms with E-state index in [1.165, 1.54) is 17.8 Å². The van der Waals surface area contributed by atoms with Gasteiger partial charge in [-0.2, -0.15) is 0 Å². The fourth-order valence-electron chi connectivity index (χ4n) is 3.78. The first-order chi connectivity index (χ1) is 13.7. The molecule has 0 unspecified atom stereocenters. The molecule has 0 amide bonds. The Labute approximate surface area is 167 Å². The van der Waals surface area contributed by atoms with Crippen molar-refractivity contribution in [2.24, 2.45) is 0 Å². The Bertz CT molecular complexity index is 786. The van der Waals surface area contributed by atoms with Gasteiger partial charge in [-0.05, 0) is 67.9 Å². The van der Waals surface area contributed by atoms with Gasteiger partial charge < -0.3 is 19.5 Å². The Morgan fingerprint density at radius 3 is 2.57 bits per heavy atom. The minimum atomic E-state index is -0.194. The van der Waals surface area contributed by atoms with Crippen molar-refractivity contribution in [3.05, 3.63) is 72.5 Å². The lowest BCUT2D eigenvalue weighted by molar-refractivity contribution is 0.232. The van der Waals surface area contributed by atoms with Crippen LogP contribution in [0.15, 0.2) is 60.9 Å². The Hall–Kier alpha value is -2.53. The Morgan fingerprint density at radius 1 is 1.14 bits per heavy atom. The lowest BCUT2D eigenvalue weighted by Crippen LogP contribution is -2.50. The smallest absolute Gasteiger partial charge is 0.123 e. The van der Waals surface area contributed by atoms with Crippen molar-refractivity contribution in [3.8, 4) is 0 Å². The molecule has 1 saturated heterocycles. The Balaban J connectivity index is 1.82. The monoisotopic (exact) mass is 383 g/mol. The number of anilines is 1. The molecule has 0 bridgehead atoms. The second-order valence-corrected chi connectivity index (χ2v) is 7.14. The summed E-state index contributed by atoms with van der Waals surface area (Å²) in [6.45, 7) is 4.53. The van der Waals surface area contributed by atoms with E-state index in [-0.39, 0.29) is 11.4 Å². The Kier molecular flexibility index (Phi) is 6.93. The van der Waals surface area contributed by atoms with Gasteiger partial charge in [0, 0.05) is 44.0 Å². The maximum Gasteiger partial charge on any atom is 0.123 e. The molecule has 150 valence electrons. The van der Waals surface area contributed by atoms with Crippen LogP contribution in [0.5, 0.6) is 0 Å². The molecule has 2 heterocycles. The number of halogens is 1. The molecule has 0 atom stereocenters. The molecule has 28 heavy (non-hydrogen) atoms. The van der Waals surface area contributed by atoms with Crippen LogP contribution in [0.4, 0.5) is 10.1 Å². The summed E-state index contributed by atoms with van der Waals surface area (Å²) >= 11 is 0. The van der Waals surface area contributed by atoms with Gasteiger partial charge in [0.25, 0.3) is 0 Å². The zero-order valence-corrected chi connectivity index (χ0v) is 16.8. The van der Waals surface area contributed by atoms with Crippen LogP contribution in [-0.2, 0) is 10.3 Å². The van der Waals surface area contributed by atoms with E-state index in [1.54, 1.807) is 7.11 Å². The first-order valence-electron chi connectivity index (χ1n) is 9.94. The highest BCUT2D eigenvalue weighted by atomic mass is 19.1. The molecule has 1 fully saturated rings. The standard InChI is InChI=1S/C23H30FN3O/c1-3-4-15-27-16-5-7-22(27)23(25-14-6-19-28-2)12-17-26(18-13-23)21-10-8-20(24)9-11-21/h4-11,14-16,25H,3,12-13,17-19H2,1-2H3/b14-6+,15-4+. The fraction of sp³-hybridized carbons (Fsp3) is 0.391. The predicted molar refractivity (Wildman–Crippen MR) is 114 cm³/mol. The van der Waals surface area contributed by atoms with Crippen molar-refractivity contribution < 1.29 is 9.13 Å². The maximum absolute atomic E-state index is 13.3. The van der Waals surface area contributed by atoms with Crippen LogP contribution in [0.1, 0.15) is 31.9 Å². The molecule has 4 nitrogen and oxygen atoms in total. The number of hydrogen-bond acceptors (Lipinski definition) is 3. The Morgan fingerprint density at radius 2 is 1.89 bits per heavy atom. The molecule has 0 aliphatic carbocycles. The fourth-order valence-corrected chi connectivity index (χ4v) is 3.78. The summed E-state index contributed by atoms with van der Waals surface area (Å²) < 4.78 is 20.6. The van der Waals surface area contributed by atoms with Gasteiger partial charge in [-0.25, -0.2) is 4.39 Å². The third-order valence-electron chi connectivity index (χ3n) is 5.32. The molecule has 1 aromatic carbocycles. The van der Waals surface area contributed by atoms with Crippen LogP contribution < -0.4 is 10.2 Å². The van der Waals surface area contributed by atoms with Crippen molar-refractivity contribution >= 4 is 11.9 Å². The first-order valence-corrected chi connectivity index (χ1v) is 9.94. The summed E-state index contributed by atoms with van der Waals surface area (Å²) in [6, 6.07) is 11.1. The van der Waals surface area contributed by atoms with Crippen molar-refractivity contribution in [2.75, 3.05) is 31.7 Å². The molecule has 2 aromatic rings. The third-order valence-corrected chi connectivity index (χ3v) is 5.32. The van der Waals surface area contributed by atoms with Crippen LogP contribution in [0, 0.1) is 5.82 Å². The van der Waals surface area contributed by atoms with Crippen LogP contribution >= 0.6 is 0 Å². The van der Waals surface area contributed by atoms with Crippen molar-refractivity contribution in [1.29, 1.82) is 0 Å². The van der Waals surface area contributed by atoms with Crippen LogP contribution in [0.2, 0.25) is 0 Å². The summed E-state index contributed by atoms with van der Waals surface area (Å²) in [4.78, 5) is 2.33. The lowest BCUT2D eigenvalue weighted by Gasteiger charge is -2.43. The van der Waals surface area contributed by atoms with Gasteiger partial charge in [-0.3, -0.25) is 0 Å². The molecule has 1 N–H and O–H groups in total. The summed E-state index contributed by atoms with van der Waals surface area (Å²) in [5.41, 5.74) is 2.19. The number of methoxy groups -OCH3 is 1. The summed E-state index contributed by atoms with van der Waals surface area (Å²) in [6.07, 6.45) is 13.3. The van der Waals surface area contributed by atoms with Gasteiger partial charge in [0.2, 0.25) is 0 Å². The van der Waals surface area contributed by atoms with Crippen LogP contribution in [0.3, 0.4) is 0 Å². The van der Waals surface area contributed by atoms with E-state index in [0.29, 0.717) is 6.61 Å². The number of nitrogens with one attached hydrogen (secondary N) is 1. The average molecular weight is 384 g/mol. The summed E-state index contributed by atoms with van der Waals surface area (Å²) in [7, 11) is 1.70. The number of aromatic nitrogens is 1. The molecule has 3 rings (SSSR count). The van der Waals surface area contributed by atoms with Crippen molar-refractivity contribution in [1.82, 2.24) is 9.88 Å². The second-order valence-electron chi connectivity index (χ2n) is 7.14. The van der Waals surface area contributed by atoms with E-state index in [2.05, 4.69) is 52.3 Å². The second kappa shape index (κ2) is 9.60. The van der Waals surface area contributed by atoms with E-state index in [9.17, 15) is 4.39 Å². The van der Waals surface area contributed by atoms with E-state index >= 15 is 0 Å². The topological polar surface area (TPSA) is 29.4 Å². The summed E-state index contributed by atoms with van der Waals surface area (Å²) in [5.74, 6) is -0.194. The van der Waals surface area contributed by atoms with Crippen molar-refractivity contribution in [3.63, 3.8) is 0 Å². The number of rotatable bonds is 8. The minimum Gasteiger partial charge on any atom is -0.381 e. The SMILES string of the molecule is CC/C=C/n1cccc1C1(N/C=C/COC)CCN(c2ccc(F)cc2)CC1. The molecule has 0 saturated carbocycles. The molecular weight excluding hydrogens is 353 g/mol. The molecular formula is C23H30FN3O. The average Bonchev–Trinajstić information content (AvgIpc) is 3.20. The molecule has 1 aliphatic rings. The zero-order valence-electron chi connectivity index (χ0n) is 16.8. The van der Waals surface area contributed by atoms with E-state index in [1.807, 2.05) is 24.4 Å². The number of allylic oxidation sites excluding steroid dienone is 1. The number of nitrogens with zero attached hydrogens (tertiary/aromatic N) is 2. The van der Waals surface area contributed by atoms with Crippen molar-refractivity contribution in [2.45, 2.75) is 31.7 Å². The molecule has 0 spiro atoms. The zero-order chi connectivity index (χ0) is 19.8. The van der Waals surface area contributed by atoms with Crippen LogP contribution in [-0.4, -0.2) is 31.4 Å². The number of piperidine rings is 1. The molecule has 5 heteroatoms. The minimum absolute atomic E-state index is 0.150. The normalized spacial score (nSPS) is 16.9. The lowest BCUT2D eigenvalue weighted by atomic mass is 9.84. The highest BCUT2D eigenvalue weighted by Crippen LogP contribution is 2.35. The van der Waals surface area contributed by atoms with Gasteiger partial charge in [0.1, 0.15) is 5.82 Å². The molecule has 1 aromatic heterocycles. The van der Waals surface area contributed by atoms with Gasteiger partial charge in [-0.15, -0.1) is 0 Å². The van der Waals surface area contributed by atoms with Gasteiger partial charge in [0.05, 0.1) is 12.1 Å². The van der Waals surface area contributed by atoms with E-state index in [0.717, 1.165) is 38.0 Å². The quantitative estimate of drug-likeness (QED) is 0.713. The summed E-state index contributed by atoms with van der Waals surface area (Å²) in [5, 5.41) is 3.67. The first kappa shape index (κ1) is 20.2. The largest absolute Gasteiger partial charge is 0.381 e. The number of ether oxygens (including phenoxy) is 1. The van der Waals surface area contributed by atoms with E-state index in [4.69, 9.17) is 4.74 Å². The van der Waals surface area contributed by atoms with Crippen LogP contribution in [0.25, 0.3) is 6.20 Å². The van der Waals surface area contributed by atoms with E-state index < -0.39 is 0 Å². The highest BCUT2D eigenvalue weighted by molar-refractivity contribution is 5.47. The third kappa shape index (κ3) is 4.65. The number of hydrogen-bond donors (Lipinski definition) is 1. The van der Waals surface area contributed by atoms with Gasteiger partial charge in [-0.1, -0.05) is 13.0 Å². The number of benzene rings is 1. The maximum atomic E-state index is 13.3.